The average molecular weight is 240 g/mol. The third-order valence-corrected chi connectivity index (χ3v) is 3.72. The van der Waals surface area contributed by atoms with Gasteiger partial charge in [-0.1, -0.05) is 26.7 Å². The van der Waals surface area contributed by atoms with Gasteiger partial charge in [0.2, 0.25) is 0 Å². The second kappa shape index (κ2) is 6.75. The minimum Gasteiger partial charge on any atom is -0.311 e. The standard InChI is InChI=1S/C15H32N2/c1-13(2)14(12-16-15(3,4)5)17-10-8-6-7-9-11-17/h13-14,16H,6-12H2,1-5H3. The molecular formula is C15H32N2. The first-order valence-electron chi connectivity index (χ1n) is 7.39. The highest BCUT2D eigenvalue weighted by Crippen LogP contribution is 2.17. The molecular weight excluding hydrogens is 208 g/mol. The smallest absolute Gasteiger partial charge is 0.0243 e. The molecule has 0 bridgehead atoms. The van der Waals surface area contributed by atoms with Crippen LogP contribution in [0.1, 0.15) is 60.3 Å². The van der Waals surface area contributed by atoms with Crippen molar-refractivity contribution in [3.63, 3.8) is 0 Å². The lowest BCUT2D eigenvalue weighted by molar-refractivity contribution is 0.148. The minimum atomic E-state index is 0.235. The number of hydrogen-bond donors (Lipinski definition) is 1. The van der Waals surface area contributed by atoms with Gasteiger partial charge in [-0.25, -0.2) is 0 Å². The molecule has 1 aliphatic heterocycles. The summed E-state index contributed by atoms with van der Waals surface area (Å²) in [5.41, 5.74) is 0.235. The van der Waals surface area contributed by atoms with Crippen molar-refractivity contribution in [2.24, 2.45) is 5.92 Å². The highest BCUT2D eigenvalue weighted by atomic mass is 15.2. The Balaban J connectivity index is 2.51. The highest BCUT2D eigenvalue weighted by molar-refractivity contribution is 4.82. The maximum absolute atomic E-state index is 3.68. The fraction of sp³-hybridized carbons (Fsp3) is 1.00. The predicted octanol–water partition coefficient (Wildman–Crippen LogP) is 3.28. The molecule has 1 unspecified atom stereocenters. The van der Waals surface area contributed by atoms with Gasteiger partial charge in [0.1, 0.15) is 0 Å². The van der Waals surface area contributed by atoms with Crippen molar-refractivity contribution in [3.8, 4) is 0 Å². The van der Waals surface area contributed by atoms with Crippen LogP contribution in [0.15, 0.2) is 0 Å². The van der Waals surface area contributed by atoms with Crippen LogP contribution < -0.4 is 5.32 Å². The molecule has 1 atom stereocenters. The van der Waals surface area contributed by atoms with Crippen LogP contribution in [0.5, 0.6) is 0 Å². The second-order valence-electron chi connectivity index (χ2n) is 6.89. The number of nitrogens with zero attached hydrogens (tertiary/aromatic N) is 1. The van der Waals surface area contributed by atoms with E-state index in [4.69, 9.17) is 0 Å². The van der Waals surface area contributed by atoms with E-state index in [1.165, 1.54) is 38.8 Å². The quantitative estimate of drug-likeness (QED) is 0.811. The molecule has 0 aliphatic carbocycles. The zero-order chi connectivity index (χ0) is 12.9. The molecule has 0 amide bonds. The number of likely N-dealkylation sites (tertiary alicyclic amines) is 1. The van der Waals surface area contributed by atoms with E-state index in [9.17, 15) is 0 Å². The van der Waals surface area contributed by atoms with E-state index in [-0.39, 0.29) is 5.54 Å². The minimum absolute atomic E-state index is 0.235. The van der Waals surface area contributed by atoms with Gasteiger partial charge in [0.25, 0.3) is 0 Å². The van der Waals surface area contributed by atoms with E-state index in [1.54, 1.807) is 0 Å². The van der Waals surface area contributed by atoms with E-state index in [2.05, 4.69) is 44.8 Å². The SMILES string of the molecule is CC(C)C(CNC(C)(C)C)N1CCCCCC1. The number of hydrogen-bond acceptors (Lipinski definition) is 2. The van der Waals surface area contributed by atoms with Crippen LogP contribution in [-0.4, -0.2) is 36.1 Å². The van der Waals surface area contributed by atoms with Gasteiger partial charge in [-0.2, -0.15) is 0 Å². The van der Waals surface area contributed by atoms with E-state index in [0.717, 1.165) is 12.5 Å². The second-order valence-corrected chi connectivity index (χ2v) is 6.89. The fourth-order valence-corrected chi connectivity index (χ4v) is 2.62. The third kappa shape index (κ3) is 5.87. The lowest BCUT2D eigenvalue weighted by atomic mass is 10.00. The summed E-state index contributed by atoms with van der Waals surface area (Å²) in [6.07, 6.45) is 5.62. The van der Waals surface area contributed by atoms with Crippen LogP contribution in [0.25, 0.3) is 0 Å². The molecule has 102 valence electrons. The summed E-state index contributed by atoms with van der Waals surface area (Å²) in [6.45, 7) is 15.2. The largest absolute Gasteiger partial charge is 0.311 e. The molecule has 0 spiro atoms. The van der Waals surface area contributed by atoms with Crippen LogP contribution in [0.2, 0.25) is 0 Å². The molecule has 2 nitrogen and oxygen atoms in total. The van der Waals surface area contributed by atoms with Crippen molar-refractivity contribution >= 4 is 0 Å². The van der Waals surface area contributed by atoms with Crippen LogP contribution in [0.3, 0.4) is 0 Å². The van der Waals surface area contributed by atoms with Gasteiger partial charge in [0, 0.05) is 18.1 Å². The van der Waals surface area contributed by atoms with Crippen molar-refractivity contribution in [1.29, 1.82) is 0 Å². The summed E-state index contributed by atoms with van der Waals surface area (Å²) < 4.78 is 0. The van der Waals surface area contributed by atoms with Crippen molar-refractivity contribution in [1.82, 2.24) is 10.2 Å². The Kier molecular flexibility index (Phi) is 5.94. The fourth-order valence-electron chi connectivity index (χ4n) is 2.62. The van der Waals surface area contributed by atoms with Gasteiger partial charge in [0.15, 0.2) is 0 Å². The monoisotopic (exact) mass is 240 g/mol. The lowest BCUT2D eigenvalue weighted by Gasteiger charge is -2.36. The summed E-state index contributed by atoms with van der Waals surface area (Å²) in [5.74, 6) is 0.739. The molecule has 0 aromatic carbocycles. The summed E-state index contributed by atoms with van der Waals surface area (Å²) in [6, 6.07) is 0.701. The first-order chi connectivity index (χ1) is 7.90. The van der Waals surface area contributed by atoms with Gasteiger partial charge in [-0.3, -0.25) is 4.90 Å². The Hall–Kier alpha value is -0.0800. The molecule has 1 N–H and O–H groups in total. The van der Waals surface area contributed by atoms with Crippen LogP contribution in [-0.2, 0) is 0 Å². The first-order valence-corrected chi connectivity index (χ1v) is 7.39. The van der Waals surface area contributed by atoms with E-state index in [1.807, 2.05) is 0 Å². The van der Waals surface area contributed by atoms with Gasteiger partial charge >= 0.3 is 0 Å². The maximum Gasteiger partial charge on any atom is 0.0243 e. The maximum atomic E-state index is 3.68. The normalized spacial score (nSPS) is 21.5. The molecule has 0 aromatic heterocycles. The summed E-state index contributed by atoms with van der Waals surface area (Å²) in [4.78, 5) is 2.72. The summed E-state index contributed by atoms with van der Waals surface area (Å²) in [5, 5.41) is 3.68. The van der Waals surface area contributed by atoms with Gasteiger partial charge in [0.05, 0.1) is 0 Å². The van der Waals surface area contributed by atoms with Crippen LogP contribution in [0.4, 0.5) is 0 Å². The van der Waals surface area contributed by atoms with Crippen molar-refractivity contribution < 1.29 is 0 Å². The first kappa shape index (κ1) is 15.0. The van der Waals surface area contributed by atoms with Crippen LogP contribution in [0, 0.1) is 5.92 Å². The molecule has 0 aromatic rings. The Morgan fingerprint density at radius 3 is 1.94 bits per heavy atom. The van der Waals surface area contributed by atoms with Gasteiger partial charge < -0.3 is 5.32 Å². The molecule has 1 fully saturated rings. The molecule has 0 radical (unpaired) electrons. The molecule has 1 saturated heterocycles. The van der Waals surface area contributed by atoms with E-state index < -0.39 is 0 Å². The molecule has 2 heteroatoms. The molecule has 17 heavy (non-hydrogen) atoms. The topological polar surface area (TPSA) is 15.3 Å². The highest BCUT2D eigenvalue weighted by Gasteiger charge is 2.23. The predicted molar refractivity (Wildman–Crippen MR) is 76.4 cm³/mol. The van der Waals surface area contributed by atoms with Crippen molar-refractivity contribution in [2.75, 3.05) is 19.6 Å². The summed E-state index contributed by atoms with van der Waals surface area (Å²) in [7, 11) is 0. The average Bonchev–Trinajstić information content (AvgIpc) is 2.44. The van der Waals surface area contributed by atoms with E-state index >= 15 is 0 Å². The zero-order valence-electron chi connectivity index (χ0n) is 12.6. The number of rotatable bonds is 4. The van der Waals surface area contributed by atoms with Gasteiger partial charge in [-0.15, -0.1) is 0 Å². The van der Waals surface area contributed by atoms with Crippen molar-refractivity contribution in [2.45, 2.75) is 71.9 Å². The molecule has 1 rings (SSSR count). The Morgan fingerprint density at radius 2 is 1.53 bits per heavy atom. The Labute approximate surface area is 108 Å². The lowest BCUT2D eigenvalue weighted by Crippen LogP contribution is -2.50. The van der Waals surface area contributed by atoms with Crippen LogP contribution >= 0.6 is 0 Å². The summed E-state index contributed by atoms with van der Waals surface area (Å²) >= 11 is 0. The Morgan fingerprint density at radius 1 is 1.00 bits per heavy atom. The molecule has 0 saturated carbocycles. The molecule has 1 heterocycles. The molecule has 1 aliphatic rings. The third-order valence-electron chi connectivity index (χ3n) is 3.72. The Bertz CT molecular complexity index is 197. The number of nitrogens with one attached hydrogen (secondary N) is 1. The zero-order valence-corrected chi connectivity index (χ0v) is 12.6. The van der Waals surface area contributed by atoms with E-state index in [0.29, 0.717) is 6.04 Å². The van der Waals surface area contributed by atoms with Crippen molar-refractivity contribution in [3.05, 3.63) is 0 Å². The van der Waals surface area contributed by atoms with Gasteiger partial charge in [-0.05, 0) is 52.6 Å².